The fraction of sp³-hybridized carbons (Fsp3) is 0.550. The van der Waals surface area contributed by atoms with Crippen molar-refractivity contribution in [3.8, 4) is 11.5 Å². The number of benzene rings is 1. The molecule has 2 fully saturated rings. The van der Waals surface area contributed by atoms with Crippen molar-refractivity contribution in [2.45, 2.75) is 32.2 Å². The molecule has 0 radical (unpaired) electrons. The van der Waals surface area contributed by atoms with Gasteiger partial charge in [0.25, 0.3) is 5.91 Å². The van der Waals surface area contributed by atoms with Crippen molar-refractivity contribution < 1.29 is 29.0 Å². The van der Waals surface area contributed by atoms with Crippen LogP contribution in [0.2, 0.25) is 0 Å². The second kappa shape index (κ2) is 7.69. The van der Waals surface area contributed by atoms with Gasteiger partial charge in [-0.15, -0.1) is 0 Å². The molecule has 8 heteroatoms. The monoisotopic (exact) mass is 390 g/mol. The Morgan fingerprint density at radius 2 is 1.64 bits per heavy atom. The van der Waals surface area contributed by atoms with Gasteiger partial charge in [0.1, 0.15) is 17.5 Å². The highest BCUT2D eigenvalue weighted by atomic mass is 16.5. The first-order chi connectivity index (χ1) is 13.3. The summed E-state index contributed by atoms with van der Waals surface area (Å²) < 4.78 is 10.4. The van der Waals surface area contributed by atoms with E-state index >= 15 is 0 Å². The van der Waals surface area contributed by atoms with Crippen molar-refractivity contribution in [2.75, 3.05) is 33.9 Å². The van der Waals surface area contributed by atoms with E-state index in [1.54, 1.807) is 30.0 Å². The lowest BCUT2D eigenvalue weighted by Crippen LogP contribution is -2.44. The molecular weight excluding hydrogens is 364 g/mol. The number of piperidine rings is 1. The molecule has 1 unspecified atom stereocenters. The predicted molar refractivity (Wildman–Crippen MR) is 101 cm³/mol. The molecule has 0 aromatic heterocycles. The molecular formula is C20H26N2O6. The highest BCUT2D eigenvalue weighted by Gasteiger charge is 2.50. The van der Waals surface area contributed by atoms with E-state index in [4.69, 9.17) is 9.47 Å². The zero-order valence-electron chi connectivity index (χ0n) is 16.4. The third-order valence-corrected chi connectivity index (χ3v) is 5.92. The lowest BCUT2D eigenvalue weighted by atomic mass is 9.76. The predicted octanol–water partition coefficient (Wildman–Crippen LogP) is 1.63. The van der Waals surface area contributed by atoms with E-state index in [-0.39, 0.29) is 17.2 Å². The number of hydrogen-bond donors (Lipinski definition) is 1. The smallest absolute Gasteiger partial charge is 0.326 e. The number of ether oxygens (including phenoxy) is 2. The van der Waals surface area contributed by atoms with Crippen LogP contribution in [0.1, 0.15) is 36.5 Å². The van der Waals surface area contributed by atoms with Crippen molar-refractivity contribution in [1.29, 1.82) is 0 Å². The Hall–Kier alpha value is -2.77. The number of carbonyl (C=O) groups is 3. The molecule has 8 nitrogen and oxygen atoms in total. The third-order valence-electron chi connectivity index (χ3n) is 5.92. The molecule has 2 aliphatic rings. The first-order valence-corrected chi connectivity index (χ1v) is 9.31. The number of hydrogen-bond acceptors (Lipinski definition) is 5. The van der Waals surface area contributed by atoms with Crippen molar-refractivity contribution in [2.24, 2.45) is 5.41 Å². The number of carbonyl (C=O) groups excluding carboxylic acids is 2. The van der Waals surface area contributed by atoms with Crippen LogP contribution in [0, 0.1) is 5.41 Å². The molecule has 1 aromatic carbocycles. The molecule has 3 rings (SSSR count). The summed E-state index contributed by atoms with van der Waals surface area (Å²) >= 11 is 0. The van der Waals surface area contributed by atoms with Crippen LogP contribution in [0.5, 0.6) is 11.5 Å². The normalized spacial score (nSPS) is 20.9. The first-order valence-electron chi connectivity index (χ1n) is 9.31. The Morgan fingerprint density at radius 3 is 2.11 bits per heavy atom. The van der Waals surface area contributed by atoms with Gasteiger partial charge in [-0.1, -0.05) is 0 Å². The van der Waals surface area contributed by atoms with Gasteiger partial charge >= 0.3 is 5.97 Å². The number of likely N-dealkylation sites (tertiary alicyclic amines) is 2. The van der Waals surface area contributed by atoms with Crippen LogP contribution >= 0.6 is 0 Å². The topological polar surface area (TPSA) is 96.4 Å². The number of rotatable bonds is 4. The van der Waals surface area contributed by atoms with E-state index in [0.29, 0.717) is 56.0 Å². The van der Waals surface area contributed by atoms with Gasteiger partial charge < -0.3 is 24.4 Å². The van der Waals surface area contributed by atoms with E-state index in [9.17, 15) is 19.5 Å². The summed E-state index contributed by atoms with van der Waals surface area (Å²) in [5.41, 5.74) is 0.0637. The van der Waals surface area contributed by atoms with Crippen molar-refractivity contribution in [3.63, 3.8) is 0 Å². The summed E-state index contributed by atoms with van der Waals surface area (Å²) in [5.74, 6) is -0.389. The number of carboxylic acids is 1. The van der Waals surface area contributed by atoms with Gasteiger partial charge in [0.05, 0.1) is 14.2 Å². The molecule has 1 spiro atoms. The average molecular weight is 390 g/mol. The highest BCUT2D eigenvalue weighted by Crippen LogP contribution is 2.44. The van der Waals surface area contributed by atoms with Gasteiger partial charge in [-0.2, -0.15) is 0 Å². The lowest BCUT2D eigenvalue weighted by Gasteiger charge is -2.38. The van der Waals surface area contributed by atoms with Gasteiger partial charge in [-0.05, 0) is 36.8 Å². The summed E-state index contributed by atoms with van der Waals surface area (Å²) in [7, 11) is 2.99. The fourth-order valence-corrected chi connectivity index (χ4v) is 4.25. The van der Waals surface area contributed by atoms with E-state index in [1.807, 2.05) is 0 Å². The van der Waals surface area contributed by atoms with Crippen molar-refractivity contribution in [1.82, 2.24) is 9.80 Å². The maximum Gasteiger partial charge on any atom is 0.326 e. The lowest BCUT2D eigenvalue weighted by molar-refractivity contribution is -0.141. The second-order valence-corrected chi connectivity index (χ2v) is 7.60. The minimum absolute atomic E-state index is 0.0269. The summed E-state index contributed by atoms with van der Waals surface area (Å²) in [6.45, 7) is 3.10. The molecule has 2 aliphatic heterocycles. The number of methoxy groups -OCH3 is 2. The second-order valence-electron chi connectivity index (χ2n) is 7.60. The van der Waals surface area contributed by atoms with Crippen molar-refractivity contribution in [3.05, 3.63) is 23.8 Å². The molecule has 2 amide bonds. The molecule has 2 saturated heterocycles. The van der Waals surface area contributed by atoms with E-state index in [2.05, 4.69) is 0 Å². The summed E-state index contributed by atoms with van der Waals surface area (Å²) in [6.07, 6.45) is 1.80. The minimum atomic E-state index is -1.01. The van der Waals surface area contributed by atoms with Crippen LogP contribution < -0.4 is 9.47 Å². The Bertz CT molecular complexity index is 763. The SMILES string of the molecule is COc1cc(OC)cc(C(=O)N2CC3(CCN(C(C)=O)CC3)CC2C(=O)O)c1. The average Bonchev–Trinajstić information content (AvgIpc) is 3.06. The number of carboxylic acid groups (broad SMARTS) is 1. The van der Waals surface area contributed by atoms with Gasteiger partial charge in [-0.25, -0.2) is 4.79 Å². The summed E-state index contributed by atoms with van der Waals surface area (Å²) in [6, 6.07) is 3.96. The third kappa shape index (κ3) is 3.76. The number of nitrogens with zero attached hydrogens (tertiary/aromatic N) is 2. The Kier molecular flexibility index (Phi) is 5.49. The van der Waals surface area contributed by atoms with E-state index in [0.717, 1.165) is 0 Å². The quantitative estimate of drug-likeness (QED) is 0.839. The van der Waals surface area contributed by atoms with Gasteiger partial charge in [0, 0.05) is 38.2 Å². The van der Waals surface area contributed by atoms with E-state index in [1.165, 1.54) is 19.1 Å². The maximum absolute atomic E-state index is 13.2. The van der Waals surface area contributed by atoms with Gasteiger partial charge in [0.2, 0.25) is 5.91 Å². The van der Waals surface area contributed by atoms with Crippen molar-refractivity contribution >= 4 is 17.8 Å². The molecule has 2 heterocycles. The molecule has 0 bridgehead atoms. The number of amides is 2. The molecule has 0 saturated carbocycles. The Balaban J connectivity index is 1.85. The Labute approximate surface area is 164 Å². The standard InChI is InChI=1S/C20H26N2O6/c1-13(23)21-6-4-20(5-7-21)11-17(19(25)26)22(12-20)18(24)14-8-15(27-2)10-16(9-14)28-3/h8-10,17H,4-7,11-12H2,1-3H3,(H,25,26). The van der Waals surface area contributed by atoms with Crippen LogP contribution in [0.15, 0.2) is 18.2 Å². The summed E-state index contributed by atoms with van der Waals surface area (Å²) in [4.78, 5) is 39.9. The van der Waals surface area contributed by atoms with Crippen LogP contribution in [-0.2, 0) is 9.59 Å². The molecule has 0 aliphatic carbocycles. The minimum Gasteiger partial charge on any atom is -0.497 e. The fourth-order valence-electron chi connectivity index (χ4n) is 4.25. The van der Waals surface area contributed by atoms with Crippen LogP contribution in [0.3, 0.4) is 0 Å². The Morgan fingerprint density at radius 1 is 1.07 bits per heavy atom. The molecule has 28 heavy (non-hydrogen) atoms. The molecule has 1 N–H and O–H groups in total. The van der Waals surface area contributed by atoms with Gasteiger partial charge in [-0.3, -0.25) is 9.59 Å². The first kappa shape index (κ1) is 20.0. The highest BCUT2D eigenvalue weighted by molar-refractivity contribution is 5.97. The largest absolute Gasteiger partial charge is 0.497 e. The zero-order valence-corrected chi connectivity index (χ0v) is 16.4. The molecule has 152 valence electrons. The van der Waals surface area contributed by atoms with Crippen LogP contribution in [0.4, 0.5) is 0 Å². The summed E-state index contributed by atoms with van der Waals surface area (Å²) in [5, 5.41) is 9.73. The molecule has 1 aromatic rings. The van der Waals surface area contributed by atoms with E-state index < -0.39 is 12.0 Å². The number of aliphatic carboxylic acids is 1. The molecule has 1 atom stereocenters. The van der Waals surface area contributed by atoms with Crippen LogP contribution in [-0.4, -0.2) is 72.6 Å². The van der Waals surface area contributed by atoms with Crippen LogP contribution in [0.25, 0.3) is 0 Å². The maximum atomic E-state index is 13.2. The van der Waals surface area contributed by atoms with Gasteiger partial charge in [0.15, 0.2) is 0 Å². The zero-order chi connectivity index (χ0) is 20.5.